The molecule has 2 aliphatic rings. The summed E-state index contributed by atoms with van der Waals surface area (Å²) in [5.41, 5.74) is 1.60. The smallest absolute Gasteiger partial charge is 0.389 e. The van der Waals surface area contributed by atoms with E-state index in [0.29, 0.717) is 22.6 Å². The second-order valence-electron chi connectivity index (χ2n) is 6.16. The fourth-order valence-electron chi connectivity index (χ4n) is 3.19. The van der Waals surface area contributed by atoms with E-state index in [9.17, 15) is 9.59 Å². The van der Waals surface area contributed by atoms with E-state index in [4.69, 9.17) is 16.0 Å². The normalized spacial score (nSPS) is 19.2. The summed E-state index contributed by atoms with van der Waals surface area (Å²) in [5.74, 6) is 0.764. The summed E-state index contributed by atoms with van der Waals surface area (Å²) in [6.45, 7) is 3.84. The summed E-state index contributed by atoms with van der Waals surface area (Å²) in [6.07, 6.45) is 0. The number of aryl methyl sites for hydroxylation is 1. The van der Waals surface area contributed by atoms with Crippen LogP contribution in [0.2, 0.25) is 5.02 Å². The van der Waals surface area contributed by atoms with Crippen LogP contribution in [0.25, 0.3) is 0 Å². The second kappa shape index (κ2) is 5.42. The van der Waals surface area contributed by atoms with Gasteiger partial charge in [0, 0.05) is 24.0 Å². The molecule has 1 unspecified atom stereocenters. The third kappa shape index (κ3) is 2.26. The van der Waals surface area contributed by atoms with Crippen LogP contribution in [0.3, 0.4) is 0 Å². The largest absolute Gasteiger partial charge is 0.507 e. The monoisotopic (exact) mass is 359 g/mol. The van der Waals surface area contributed by atoms with Gasteiger partial charge in [-0.1, -0.05) is 23.7 Å². The van der Waals surface area contributed by atoms with Gasteiger partial charge in [-0.05, 0) is 24.6 Å². The fourth-order valence-corrected chi connectivity index (χ4v) is 3.41. The molecule has 2 aliphatic heterocycles. The first-order valence-electron chi connectivity index (χ1n) is 7.82. The number of carbonyl (C=O) groups excluding carboxylic acids is 2. The number of benzene rings is 1. The van der Waals surface area contributed by atoms with Crippen LogP contribution in [0.1, 0.15) is 23.1 Å². The van der Waals surface area contributed by atoms with Crippen molar-refractivity contribution in [2.24, 2.45) is 4.99 Å². The molecule has 1 aromatic carbocycles. The van der Waals surface area contributed by atoms with Crippen LogP contribution in [0.15, 0.2) is 33.7 Å². The summed E-state index contributed by atoms with van der Waals surface area (Å²) in [6, 6.07) is 6.35. The number of rotatable bonds is 2. The molecule has 3 amide bonds. The molecule has 0 radical (unpaired) electrons. The van der Waals surface area contributed by atoms with Gasteiger partial charge in [0.2, 0.25) is 0 Å². The number of halogens is 1. The molecule has 0 bridgehead atoms. The molecule has 4 rings (SSSR count). The van der Waals surface area contributed by atoms with Crippen molar-refractivity contribution >= 4 is 35.4 Å². The van der Waals surface area contributed by atoms with E-state index in [1.165, 1.54) is 9.80 Å². The van der Waals surface area contributed by atoms with Gasteiger partial charge in [-0.25, -0.2) is 4.79 Å². The summed E-state index contributed by atoms with van der Waals surface area (Å²) in [4.78, 5) is 32.7. The predicted molar refractivity (Wildman–Crippen MR) is 89.7 cm³/mol. The zero-order chi connectivity index (χ0) is 17.9. The van der Waals surface area contributed by atoms with Crippen LogP contribution in [0, 0.1) is 13.8 Å². The number of hydrogen-bond acceptors (Lipinski definition) is 4. The number of hydrogen-bond donors (Lipinski definition) is 0. The maximum absolute atomic E-state index is 13.1. The van der Waals surface area contributed by atoms with Crippen molar-refractivity contribution in [2.75, 3.05) is 7.05 Å². The van der Waals surface area contributed by atoms with Gasteiger partial charge in [-0.2, -0.15) is 4.57 Å². The molecule has 7 nitrogen and oxygen atoms in total. The number of aromatic nitrogens is 1. The quantitative estimate of drug-likeness (QED) is 0.773. The van der Waals surface area contributed by atoms with Gasteiger partial charge in [0.15, 0.2) is 5.76 Å². The highest BCUT2D eigenvalue weighted by Gasteiger charge is 2.55. The van der Waals surface area contributed by atoms with Crippen molar-refractivity contribution < 1.29 is 18.6 Å². The third-order valence-corrected chi connectivity index (χ3v) is 4.86. The molecule has 1 atom stereocenters. The maximum atomic E-state index is 13.1. The number of likely N-dealkylation sites (N-methyl/N-ethyl adjacent to an activating group) is 1. The molecule has 2 aromatic rings. The van der Waals surface area contributed by atoms with E-state index >= 15 is 0 Å². The van der Waals surface area contributed by atoms with Gasteiger partial charge in [0.1, 0.15) is 5.69 Å². The van der Waals surface area contributed by atoms with Crippen molar-refractivity contribution in [3.05, 3.63) is 46.3 Å². The standard InChI is InChI=1S/C17H16ClN4O3/c1-9-10(2)25-16-19-14-13(22(9)16)15(23)21(17(24)20(14)3)8-11-5-4-6-12(18)7-11/h4-7,13H,8H2,1-3H3/q+1. The van der Waals surface area contributed by atoms with E-state index in [1.807, 2.05) is 19.9 Å². The minimum absolute atomic E-state index is 0.151. The van der Waals surface area contributed by atoms with Crippen molar-refractivity contribution in [3.8, 4) is 0 Å². The Hall–Kier alpha value is -2.67. The molecular formula is C17H16ClN4O3+. The molecular weight excluding hydrogens is 344 g/mol. The van der Waals surface area contributed by atoms with Gasteiger partial charge in [0.05, 0.1) is 6.54 Å². The van der Waals surface area contributed by atoms with Gasteiger partial charge >= 0.3 is 12.0 Å². The average molecular weight is 360 g/mol. The molecule has 0 spiro atoms. The lowest BCUT2D eigenvalue weighted by Gasteiger charge is -2.32. The molecule has 0 saturated carbocycles. The molecule has 0 N–H and O–H groups in total. The van der Waals surface area contributed by atoms with Crippen LogP contribution in [0.4, 0.5) is 10.8 Å². The van der Waals surface area contributed by atoms with E-state index < -0.39 is 12.1 Å². The molecule has 1 aromatic heterocycles. The van der Waals surface area contributed by atoms with Crippen LogP contribution < -0.4 is 4.57 Å². The Morgan fingerprint density at radius 3 is 2.80 bits per heavy atom. The zero-order valence-corrected chi connectivity index (χ0v) is 14.7. The number of amides is 3. The second-order valence-corrected chi connectivity index (χ2v) is 6.60. The Bertz CT molecular complexity index is 949. The van der Waals surface area contributed by atoms with Gasteiger partial charge in [-0.15, -0.1) is 0 Å². The topological polar surface area (TPSA) is 70.0 Å². The highest BCUT2D eigenvalue weighted by molar-refractivity contribution is 6.30. The number of carbonyl (C=O) groups is 2. The minimum Gasteiger partial charge on any atom is -0.389 e. The summed E-state index contributed by atoms with van der Waals surface area (Å²) in [7, 11) is 1.61. The van der Waals surface area contributed by atoms with Gasteiger partial charge < -0.3 is 4.42 Å². The lowest BCUT2D eigenvalue weighted by atomic mass is 10.1. The zero-order valence-electron chi connectivity index (χ0n) is 14.0. The molecule has 1 fully saturated rings. The first kappa shape index (κ1) is 15.8. The highest BCUT2D eigenvalue weighted by Crippen LogP contribution is 2.31. The fraction of sp³-hybridized carbons (Fsp3) is 0.294. The van der Waals surface area contributed by atoms with Crippen molar-refractivity contribution in [2.45, 2.75) is 26.4 Å². The molecule has 25 heavy (non-hydrogen) atoms. The number of urea groups is 1. The Morgan fingerprint density at radius 1 is 1.32 bits per heavy atom. The predicted octanol–water partition coefficient (Wildman–Crippen LogP) is 2.52. The molecule has 3 heterocycles. The Labute approximate surface area is 149 Å². The third-order valence-electron chi connectivity index (χ3n) is 4.63. The Balaban J connectivity index is 1.74. The van der Waals surface area contributed by atoms with E-state index in [0.717, 1.165) is 11.3 Å². The SMILES string of the molecule is Cc1oc2[n+](c1C)C1C(=O)N(Cc3cccc(Cl)c3)C(=O)N(C)C1=N2. The lowest BCUT2D eigenvalue weighted by Crippen LogP contribution is -2.63. The van der Waals surface area contributed by atoms with Crippen molar-refractivity contribution in [1.29, 1.82) is 0 Å². The highest BCUT2D eigenvalue weighted by atomic mass is 35.5. The Morgan fingerprint density at radius 2 is 2.08 bits per heavy atom. The van der Waals surface area contributed by atoms with Crippen molar-refractivity contribution in [3.63, 3.8) is 0 Å². The van der Waals surface area contributed by atoms with E-state index in [-0.39, 0.29) is 12.5 Å². The molecule has 1 saturated heterocycles. The Kier molecular flexibility index (Phi) is 3.43. The number of amidine groups is 1. The number of aliphatic imine (C=N–C) groups is 1. The number of oxazole rings is 1. The maximum Gasteiger partial charge on any atom is 0.507 e. The van der Waals surface area contributed by atoms with Crippen LogP contribution in [-0.4, -0.2) is 34.6 Å². The lowest BCUT2D eigenvalue weighted by molar-refractivity contribution is -0.685. The minimum atomic E-state index is -0.686. The van der Waals surface area contributed by atoms with Crippen LogP contribution >= 0.6 is 11.6 Å². The van der Waals surface area contributed by atoms with Crippen molar-refractivity contribution in [1.82, 2.24) is 9.80 Å². The first-order valence-corrected chi connectivity index (χ1v) is 8.20. The summed E-state index contributed by atoms with van der Waals surface area (Å²) in [5, 5.41) is 0.559. The average Bonchev–Trinajstić information content (AvgIpc) is 3.07. The number of imide groups is 1. The summed E-state index contributed by atoms with van der Waals surface area (Å²) >= 11 is 6.01. The van der Waals surface area contributed by atoms with Gasteiger partial charge in [-0.3, -0.25) is 14.6 Å². The number of nitrogens with zero attached hydrogens (tertiary/aromatic N) is 4. The first-order chi connectivity index (χ1) is 11.9. The molecule has 0 aliphatic carbocycles. The summed E-state index contributed by atoms with van der Waals surface area (Å²) < 4.78 is 7.34. The molecule has 128 valence electrons. The molecule has 8 heteroatoms. The van der Waals surface area contributed by atoms with E-state index in [2.05, 4.69) is 4.99 Å². The van der Waals surface area contributed by atoms with Crippen LogP contribution in [0.5, 0.6) is 0 Å². The van der Waals surface area contributed by atoms with Crippen LogP contribution in [-0.2, 0) is 11.3 Å². The van der Waals surface area contributed by atoms with E-state index in [1.54, 1.807) is 29.8 Å². The van der Waals surface area contributed by atoms with Gasteiger partial charge in [0.25, 0.3) is 17.8 Å². The number of fused-ring (bicyclic) bond motifs is 3.